The number of carbonyl (C=O) groups excluding carboxylic acids is 2. The fraction of sp³-hybridized carbons (Fsp3) is 0.929. The lowest BCUT2D eigenvalue weighted by Crippen LogP contribution is -2.58. The summed E-state index contributed by atoms with van der Waals surface area (Å²) in [6.07, 6.45) is 8.83. The number of esters is 1. The first-order chi connectivity index (χ1) is 16.1. The number of aliphatic hydroxyl groups excluding tert-OH is 1. The van der Waals surface area contributed by atoms with Gasteiger partial charge in [0.15, 0.2) is 0 Å². The fourth-order valence-corrected chi connectivity index (χ4v) is 9.20. The highest BCUT2D eigenvalue weighted by atomic mass is 16.7. The molecule has 0 heterocycles. The number of hydrogen-bond donors (Lipinski definition) is 1. The average molecular weight is 479 g/mol. The first-order valence-corrected chi connectivity index (χ1v) is 13.7. The Morgan fingerprint density at radius 2 is 1.74 bits per heavy atom. The molecule has 0 aromatic heterocycles. The Balaban J connectivity index is 1.46. The zero-order chi connectivity index (χ0) is 24.7. The highest BCUT2D eigenvalue weighted by Gasteiger charge is 2.63. The van der Waals surface area contributed by atoms with E-state index in [9.17, 15) is 14.7 Å². The van der Waals surface area contributed by atoms with E-state index in [0.29, 0.717) is 48.5 Å². The van der Waals surface area contributed by atoms with Crippen molar-refractivity contribution in [2.24, 2.45) is 46.3 Å². The second-order valence-electron chi connectivity index (χ2n) is 12.3. The number of aliphatic hydroxyl groups is 1. The van der Waals surface area contributed by atoms with Crippen molar-refractivity contribution < 1.29 is 28.9 Å². The smallest absolute Gasteiger partial charge is 0.469 e. The molecule has 34 heavy (non-hydrogen) atoms. The maximum Gasteiger partial charge on any atom is 0.508 e. The van der Waals surface area contributed by atoms with Gasteiger partial charge in [-0.2, -0.15) is 0 Å². The van der Waals surface area contributed by atoms with Crippen LogP contribution < -0.4 is 0 Å². The summed E-state index contributed by atoms with van der Waals surface area (Å²) in [6.45, 7) is 9.37. The Morgan fingerprint density at radius 1 is 1.03 bits per heavy atom. The second kappa shape index (κ2) is 9.99. The molecule has 4 fully saturated rings. The highest BCUT2D eigenvalue weighted by Crippen LogP contribution is 2.68. The van der Waals surface area contributed by atoms with Crippen molar-refractivity contribution >= 4 is 12.1 Å². The van der Waals surface area contributed by atoms with Crippen LogP contribution in [0.1, 0.15) is 91.9 Å². The molecule has 4 aliphatic carbocycles. The van der Waals surface area contributed by atoms with Crippen molar-refractivity contribution in [3.05, 3.63) is 0 Å². The Bertz CT molecular complexity index is 753. The zero-order valence-corrected chi connectivity index (χ0v) is 21.9. The molecule has 0 bridgehead atoms. The normalized spacial score (nSPS) is 44.2. The molecule has 0 aromatic carbocycles. The number of carbonyl (C=O) groups is 2. The van der Waals surface area contributed by atoms with Gasteiger partial charge < -0.3 is 19.3 Å². The van der Waals surface area contributed by atoms with Crippen LogP contribution in [0, 0.1) is 46.3 Å². The summed E-state index contributed by atoms with van der Waals surface area (Å²) in [5.74, 6) is 2.82. The molecule has 1 N–H and O–H groups in total. The molecule has 10 atom stereocenters. The average Bonchev–Trinajstić information content (AvgIpc) is 3.15. The summed E-state index contributed by atoms with van der Waals surface area (Å²) in [7, 11) is 1.47. The maximum absolute atomic E-state index is 11.9. The van der Waals surface area contributed by atoms with Gasteiger partial charge in [0.2, 0.25) is 0 Å². The molecule has 4 saturated carbocycles. The molecule has 0 amide bonds. The molecular formula is C28H46O6. The summed E-state index contributed by atoms with van der Waals surface area (Å²) in [4.78, 5) is 23.6. The lowest BCUT2D eigenvalue weighted by molar-refractivity contribution is -0.175. The van der Waals surface area contributed by atoms with Gasteiger partial charge in [-0.25, -0.2) is 4.79 Å². The summed E-state index contributed by atoms with van der Waals surface area (Å²) in [5.41, 5.74) is 0.444. The maximum atomic E-state index is 11.9. The van der Waals surface area contributed by atoms with Crippen LogP contribution in [0.25, 0.3) is 0 Å². The molecular weight excluding hydrogens is 432 g/mol. The lowest BCUT2D eigenvalue weighted by Gasteiger charge is -2.62. The molecule has 0 saturated heterocycles. The quantitative estimate of drug-likeness (QED) is 0.490. The minimum absolute atomic E-state index is 0.0961. The number of hydrogen-bond acceptors (Lipinski definition) is 6. The minimum Gasteiger partial charge on any atom is -0.469 e. The van der Waals surface area contributed by atoms with Crippen LogP contribution in [-0.2, 0) is 19.0 Å². The van der Waals surface area contributed by atoms with E-state index in [-0.39, 0.29) is 29.0 Å². The van der Waals surface area contributed by atoms with Crippen LogP contribution in [0.4, 0.5) is 4.79 Å². The van der Waals surface area contributed by atoms with Crippen molar-refractivity contribution in [2.75, 3.05) is 13.7 Å². The Hall–Kier alpha value is -1.30. The van der Waals surface area contributed by atoms with Gasteiger partial charge in [0.1, 0.15) is 6.10 Å². The molecule has 194 valence electrons. The van der Waals surface area contributed by atoms with Crippen LogP contribution in [0.15, 0.2) is 0 Å². The first-order valence-electron chi connectivity index (χ1n) is 13.7. The van der Waals surface area contributed by atoms with Gasteiger partial charge in [0.25, 0.3) is 0 Å². The van der Waals surface area contributed by atoms with E-state index in [0.717, 1.165) is 32.1 Å². The molecule has 0 radical (unpaired) electrons. The first kappa shape index (κ1) is 25.8. The van der Waals surface area contributed by atoms with E-state index in [1.807, 2.05) is 0 Å². The van der Waals surface area contributed by atoms with Crippen molar-refractivity contribution in [2.45, 2.75) is 104 Å². The third-order valence-corrected chi connectivity index (χ3v) is 11.0. The van der Waals surface area contributed by atoms with Crippen LogP contribution in [0.3, 0.4) is 0 Å². The Kier molecular flexibility index (Phi) is 7.57. The molecule has 0 aliphatic heterocycles. The summed E-state index contributed by atoms with van der Waals surface area (Å²) >= 11 is 0. The van der Waals surface area contributed by atoms with Crippen molar-refractivity contribution in [3.63, 3.8) is 0 Å². The Morgan fingerprint density at radius 3 is 2.44 bits per heavy atom. The topological polar surface area (TPSA) is 82.1 Å². The SMILES string of the molecule is CCOC(=O)OC1CCC2(C)C(C1)CC(O)C1C2CCC2(C)C(C(C)CCC(=O)OC)CCC12. The van der Waals surface area contributed by atoms with Gasteiger partial charge in [-0.1, -0.05) is 20.8 Å². The summed E-state index contributed by atoms with van der Waals surface area (Å²) in [6, 6.07) is 0. The number of rotatable bonds is 6. The van der Waals surface area contributed by atoms with Crippen molar-refractivity contribution in [3.8, 4) is 0 Å². The monoisotopic (exact) mass is 478 g/mol. The number of fused-ring (bicyclic) bond motifs is 5. The van der Waals surface area contributed by atoms with Gasteiger partial charge in [0.05, 0.1) is 19.8 Å². The van der Waals surface area contributed by atoms with E-state index >= 15 is 0 Å². The van der Waals surface area contributed by atoms with E-state index in [2.05, 4.69) is 20.8 Å². The fourth-order valence-electron chi connectivity index (χ4n) is 9.20. The van der Waals surface area contributed by atoms with E-state index in [4.69, 9.17) is 14.2 Å². The van der Waals surface area contributed by atoms with Gasteiger partial charge in [-0.3, -0.25) is 4.79 Å². The largest absolute Gasteiger partial charge is 0.508 e. The van der Waals surface area contributed by atoms with Crippen LogP contribution in [0.5, 0.6) is 0 Å². The molecule has 10 unspecified atom stereocenters. The summed E-state index contributed by atoms with van der Waals surface area (Å²) in [5, 5.41) is 11.5. The predicted octanol–water partition coefficient (Wildman–Crippen LogP) is 5.75. The minimum atomic E-state index is -0.558. The molecule has 6 heteroatoms. The standard InChI is InChI=1S/C28H46O6/c1-6-33-26(31)34-19-11-13-27(3)18(15-19)16-23(29)25-21-9-8-20(17(2)7-10-24(30)32-5)28(21,4)14-12-22(25)27/h17-23,25,29H,6-16H2,1-5H3. The third kappa shape index (κ3) is 4.49. The molecule has 6 nitrogen and oxygen atoms in total. The molecule has 4 rings (SSSR count). The third-order valence-electron chi connectivity index (χ3n) is 11.0. The van der Waals surface area contributed by atoms with Gasteiger partial charge in [-0.15, -0.1) is 0 Å². The van der Waals surface area contributed by atoms with Crippen molar-refractivity contribution in [1.82, 2.24) is 0 Å². The Labute approximate surface area is 205 Å². The van der Waals surface area contributed by atoms with Crippen molar-refractivity contribution in [1.29, 1.82) is 0 Å². The lowest BCUT2D eigenvalue weighted by atomic mass is 9.43. The number of ether oxygens (including phenoxy) is 3. The van der Waals surface area contributed by atoms with E-state index < -0.39 is 6.16 Å². The molecule has 4 aliphatic rings. The zero-order valence-electron chi connectivity index (χ0n) is 21.9. The van der Waals surface area contributed by atoms with Gasteiger partial charge in [0, 0.05) is 6.42 Å². The van der Waals surface area contributed by atoms with Gasteiger partial charge >= 0.3 is 12.1 Å². The van der Waals surface area contributed by atoms with Crippen LogP contribution in [-0.4, -0.2) is 43.2 Å². The van der Waals surface area contributed by atoms with Crippen LogP contribution in [0.2, 0.25) is 0 Å². The highest BCUT2D eigenvalue weighted by molar-refractivity contribution is 5.69. The van der Waals surface area contributed by atoms with Crippen LogP contribution >= 0.6 is 0 Å². The second-order valence-corrected chi connectivity index (χ2v) is 12.3. The van der Waals surface area contributed by atoms with E-state index in [1.165, 1.54) is 32.8 Å². The molecule has 0 aromatic rings. The summed E-state index contributed by atoms with van der Waals surface area (Å²) < 4.78 is 15.5. The number of methoxy groups -OCH3 is 1. The van der Waals surface area contributed by atoms with E-state index in [1.54, 1.807) is 6.92 Å². The predicted molar refractivity (Wildman–Crippen MR) is 129 cm³/mol. The van der Waals surface area contributed by atoms with Gasteiger partial charge in [-0.05, 0) is 111 Å². The molecule has 0 spiro atoms.